The molecule has 1 aliphatic heterocycles. The first-order chi connectivity index (χ1) is 9.69. The molecule has 2 N–H and O–H groups in total. The Morgan fingerprint density at radius 3 is 3.05 bits per heavy atom. The van der Waals surface area contributed by atoms with Crippen LogP contribution in [0, 0.1) is 6.92 Å². The van der Waals surface area contributed by atoms with Crippen LogP contribution in [0.3, 0.4) is 0 Å². The van der Waals surface area contributed by atoms with Crippen molar-refractivity contribution in [1.82, 2.24) is 15.3 Å². The van der Waals surface area contributed by atoms with Crippen molar-refractivity contribution in [2.75, 3.05) is 25.0 Å². The minimum absolute atomic E-state index is 0.138. The molecule has 2 heterocycles. The fraction of sp³-hybridized carbons (Fsp3) is 0.643. The highest BCUT2D eigenvalue weighted by atomic mass is 16.5. The number of carbonyl (C=O) groups excluding carboxylic acids is 1. The fourth-order valence-electron chi connectivity index (χ4n) is 2.13. The van der Waals surface area contributed by atoms with Crippen molar-refractivity contribution < 1.29 is 9.53 Å². The van der Waals surface area contributed by atoms with Crippen molar-refractivity contribution in [3.63, 3.8) is 0 Å². The zero-order chi connectivity index (χ0) is 14.4. The third-order valence-electron chi connectivity index (χ3n) is 3.14. The lowest BCUT2D eigenvalue weighted by Crippen LogP contribution is -2.32. The zero-order valence-electron chi connectivity index (χ0n) is 12.1. The van der Waals surface area contributed by atoms with E-state index in [9.17, 15) is 4.79 Å². The SMILES string of the molecule is CCCNc1cc(C(=O)NCC2CCCO2)nc(C)n1. The molecule has 0 radical (unpaired) electrons. The first kappa shape index (κ1) is 14.7. The summed E-state index contributed by atoms with van der Waals surface area (Å²) in [5, 5.41) is 6.04. The van der Waals surface area contributed by atoms with E-state index in [1.807, 2.05) is 0 Å². The molecule has 0 bridgehead atoms. The van der Waals surface area contributed by atoms with Gasteiger partial charge < -0.3 is 15.4 Å². The van der Waals surface area contributed by atoms with E-state index in [2.05, 4.69) is 27.5 Å². The zero-order valence-corrected chi connectivity index (χ0v) is 12.1. The lowest BCUT2D eigenvalue weighted by Gasteiger charge is -2.11. The standard InChI is InChI=1S/C14H22N4O2/c1-3-6-15-13-8-12(17-10(2)18-13)14(19)16-9-11-5-4-7-20-11/h8,11H,3-7,9H2,1-2H3,(H,16,19)(H,15,17,18). The molecule has 0 saturated carbocycles. The molecule has 110 valence electrons. The van der Waals surface area contributed by atoms with Crippen LogP contribution in [0.2, 0.25) is 0 Å². The van der Waals surface area contributed by atoms with Crippen molar-refractivity contribution in [1.29, 1.82) is 0 Å². The van der Waals surface area contributed by atoms with Gasteiger partial charge in [0.1, 0.15) is 17.3 Å². The third-order valence-corrected chi connectivity index (χ3v) is 3.14. The minimum Gasteiger partial charge on any atom is -0.376 e. The molecule has 1 unspecified atom stereocenters. The lowest BCUT2D eigenvalue weighted by molar-refractivity contribution is 0.0853. The molecule has 6 nitrogen and oxygen atoms in total. The monoisotopic (exact) mass is 278 g/mol. The van der Waals surface area contributed by atoms with Gasteiger partial charge in [-0.2, -0.15) is 0 Å². The third kappa shape index (κ3) is 4.16. The summed E-state index contributed by atoms with van der Waals surface area (Å²) >= 11 is 0. The molecular weight excluding hydrogens is 256 g/mol. The van der Waals surface area contributed by atoms with Crippen molar-refractivity contribution in [3.8, 4) is 0 Å². The number of carbonyl (C=O) groups is 1. The summed E-state index contributed by atoms with van der Waals surface area (Å²) in [6.45, 7) is 6.02. The number of anilines is 1. The molecule has 6 heteroatoms. The molecule has 1 saturated heterocycles. The van der Waals surface area contributed by atoms with E-state index in [0.29, 0.717) is 23.9 Å². The predicted octanol–water partition coefficient (Wildman–Crippen LogP) is 1.52. The van der Waals surface area contributed by atoms with E-state index in [-0.39, 0.29) is 12.0 Å². The van der Waals surface area contributed by atoms with Gasteiger partial charge in [-0.25, -0.2) is 9.97 Å². The van der Waals surface area contributed by atoms with E-state index in [4.69, 9.17) is 4.74 Å². The Morgan fingerprint density at radius 1 is 1.50 bits per heavy atom. The maximum Gasteiger partial charge on any atom is 0.270 e. The summed E-state index contributed by atoms with van der Waals surface area (Å²) in [4.78, 5) is 20.5. The molecule has 1 aliphatic rings. The second kappa shape index (κ2) is 7.19. The minimum atomic E-state index is -0.175. The Hall–Kier alpha value is -1.69. The summed E-state index contributed by atoms with van der Waals surface area (Å²) in [5.41, 5.74) is 0.397. The first-order valence-electron chi connectivity index (χ1n) is 7.18. The summed E-state index contributed by atoms with van der Waals surface area (Å²) < 4.78 is 5.48. The molecule has 0 aromatic carbocycles. The Morgan fingerprint density at radius 2 is 2.35 bits per heavy atom. The number of hydrogen-bond donors (Lipinski definition) is 2. The highest BCUT2D eigenvalue weighted by molar-refractivity contribution is 5.92. The van der Waals surface area contributed by atoms with E-state index in [1.54, 1.807) is 13.0 Å². The number of aromatic nitrogens is 2. The summed E-state index contributed by atoms with van der Waals surface area (Å²) in [6.07, 6.45) is 3.22. The van der Waals surface area contributed by atoms with Gasteiger partial charge in [0, 0.05) is 25.8 Å². The Balaban J connectivity index is 1.95. The van der Waals surface area contributed by atoms with Gasteiger partial charge in [0.15, 0.2) is 0 Å². The number of amides is 1. The number of rotatable bonds is 6. The second-order valence-electron chi connectivity index (χ2n) is 4.96. The highest BCUT2D eigenvalue weighted by Gasteiger charge is 2.17. The number of hydrogen-bond acceptors (Lipinski definition) is 5. The highest BCUT2D eigenvalue weighted by Crippen LogP contribution is 2.11. The van der Waals surface area contributed by atoms with Crippen LogP contribution < -0.4 is 10.6 Å². The Labute approximate surface area is 119 Å². The van der Waals surface area contributed by atoms with Gasteiger partial charge in [-0.3, -0.25) is 4.79 Å². The molecule has 1 atom stereocenters. The smallest absolute Gasteiger partial charge is 0.270 e. The molecule has 0 spiro atoms. The predicted molar refractivity (Wildman–Crippen MR) is 76.9 cm³/mol. The van der Waals surface area contributed by atoms with Crippen LogP contribution in [0.1, 0.15) is 42.5 Å². The van der Waals surface area contributed by atoms with Gasteiger partial charge >= 0.3 is 0 Å². The van der Waals surface area contributed by atoms with Gasteiger partial charge in [0.2, 0.25) is 0 Å². The molecule has 1 fully saturated rings. The Bertz CT molecular complexity index is 458. The maximum atomic E-state index is 12.1. The van der Waals surface area contributed by atoms with Crippen LogP contribution in [0.5, 0.6) is 0 Å². The summed E-state index contributed by atoms with van der Waals surface area (Å²) in [5.74, 6) is 1.11. The van der Waals surface area contributed by atoms with E-state index in [1.165, 1.54) is 0 Å². The molecule has 2 rings (SSSR count). The molecule has 1 aromatic heterocycles. The van der Waals surface area contributed by atoms with Gasteiger partial charge in [0.25, 0.3) is 5.91 Å². The number of ether oxygens (including phenoxy) is 1. The van der Waals surface area contributed by atoms with Gasteiger partial charge in [-0.05, 0) is 26.2 Å². The number of aryl methyl sites for hydroxylation is 1. The van der Waals surface area contributed by atoms with Crippen molar-refractivity contribution in [2.45, 2.75) is 39.2 Å². The summed E-state index contributed by atoms with van der Waals surface area (Å²) in [7, 11) is 0. The second-order valence-corrected chi connectivity index (χ2v) is 4.96. The van der Waals surface area contributed by atoms with E-state index in [0.717, 1.165) is 32.4 Å². The van der Waals surface area contributed by atoms with Crippen molar-refractivity contribution in [2.24, 2.45) is 0 Å². The quantitative estimate of drug-likeness (QED) is 0.825. The Kier molecular flexibility index (Phi) is 5.29. The van der Waals surface area contributed by atoms with Gasteiger partial charge in [-0.1, -0.05) is 6.92 Å². The van der Waals surface area contributed by atoms with Crippen LogP contribution in [0.15, 0.2) is 6.07 Å². The van der Waals surface area contributed by atoms with Crippen LogP contribution in [-0.4, -0.2) is 41.7 Å². The average molecular weight is 278 g/mol. The molecular formula is C14H22N4O2. The maximum absolute atomic E-state index is 12.1. The fourth-order valence-corrected chi connectivity index (χ4v) is 2.13. The molecule has 0 aliphatic carbocycles. The van der Waals surface area contributed by atoms with Gasteiger partial charge in [0.05, 0.1) is 6.10 Å². The van der Waals surface area contributed by atoms with Crippen LogP contribution in [0.4, 0.5) is 5.82 Å². The van der Waals surface area contributed by atoms with Crippen LogP contribution in [0.25, 0.3) is 0 Å². The molecule has 1 aromatic rings. The largest absolute Gasteiger partial charge is 0.376 e. The van der Waals surface area contributed by atoms with E-state index >= 15 is 0 Å². The van der Waals surface area contributed by atoms with Crippen molar-refractivity contribution in [3.05, 3.63) is 17.6 Å². The topological polar surface area (TPSA) is 76.1 Å². The molecule has 20 heavy (non-hydrogen) atoms. The molecule has 1 amide bonds. The number of nitrogens with zero attached hydrogens (tertiary/aromatic N) is 2. The van der Waals surface area contributed by atoms with Crippen molar-refractivity contribution >= 4 is 11.7 Å². The van der Waals surface area contributed by atoms with Gasteiger partial charge in [-0.15, -0.1) is 0 Å². The van der Waals surface area contributed by atoms with Crippen LogP contribution in [-0.2, 0) is 4.74 Å². The van der Waals surface area contributed by atoms with Crippen LogP contribution >= 0.6 is 0 Å². The summed E-state index contributed by atoms with van der Waals surface area (Å²) in [6, 6.07) is 1.69. The van der Waals surface area contributed by atoms with E-state index < -0.39 is 0 Å². The lowest BCUT2D eigenvalue weighted by atomic mass is 10.2. The normalized spacial score (nSPS) is 18.0. The number of nitrogens with one attached hydrogen (secondary N) is 2. The first-order valence-corrected chi connectivity index (χ1v) is 7.18. The average Bonchev–Trinajstić information content (AvgIpc) is 2.95.